The van der Waals surface area contributed by atoms with Crippen LogP contribution < -0.4 is 15.2 Å². The van der Waals surface area contributed by atoms with Crippen LogP contribution in [0.5, 0.6) is 11.5 Å². The molecule has 20 heavy (non-hydrogen) atoms. The maximum Gasteiger partial charge on any atom is 0.136 e. The molecule has 0 radical (unpaired) electrons. The highest BCUT2D eigenvalue weighted by Gasteiger charge is 2.13. The van der Waals surface area contributed by atoms with Gasteiger partial charge in [-0.3, -0.25) is 0 Å². The molecule has 0 fully saturated rings. The zero-order chi connectivity index (χ0) is 14.5. The Morgan fingerprint density at radius 2 is 1.90 bits per heavy atom. The second kappa shape index (κ2) is 6.72. The fourth-order valence-corrected chi connectivity index (χ4v) is 2.24. The van der Waals surface area contributed by atoms with Gasteiger partial charge in [-0.2, -0.15) is 0 Å². The fraction of sp³-hybridized carbons (Fsp3) is 0.200. The Kier molecular flexibility index (Phi) is 4.98. The van der Waals surface area contributed by atoms with Crippen LogP contribution in [-0.2, 0) is 0 Å². The third kappa shape index (κ3) is 3.49. The Balaban J connectivity index is 2.19. The first kappa shape index (κ1) is 14.8. The smallest absolute Gasteiger partial charge is 0.136 e. The lowest BCUT2D eigenvalue weighted by atomic mass is 10.1. The van der Waals surface area contributed by atoms with Crippen molar-refractivity contribution in [3.63, 3.8) is 0 Å². The number of rotatable bonds is 5. The van der Waals surface area contributed by atoms with E-state index >= 15 is 0 Å². The van der Waals surface area contributed by atoms with Gasteiger partial charge in [0.25, 0.3) is 0 Å². The molecule has 2 aromatic carbocycles. The Bertz CT molecular complexity index is 575. The molecule has 0 amide bonds. The van der Waals surface area contributed by atoms with Gasteiger partial charge >= 0.3 is 0 Å². The maximum absolute atomic E-state index is 13.0. The van der Waals surface area contributed by atoms with Crippen molar-refractivity contribution in [3.05, 3.63) is 58.3 Å². The molecule has 0 spiro atoms. The summed E-state index contributed by atoms with van der Waals surface area (Å²) in [5, 5.41) is 0. The number of hydrogen-bond donors (Lipinski definition) is 1. The Morgan fingerprint density at radius 1 is 1.20 bits per heavy atom. The molecule has 0 saturated carbocycles. The van der Waals surface area contributed by atoms with Crippen LogP contribution in [0.1, 0.15) is 11.7 Å². The first-order valence-corrected chi connectivity index (χ1v) is 6.89. The molecule has 2 rings (SSSR count). The zero-order valence-electron chi connectivity index (χ0n) is 11.0. The van der Waals surface area contributed by atoms with Gasteiger partial charge < -0.3 is 15.2 Å². The number of hydrogen-bond acceptors (Lipinski definition) is 3. The maximum atomic E-state index is 13.0. The molecule has 5 heteroatoms. The first-order chi connectivity index (χ1) is 9.63. The molecule has 0 aliphatic rings. The van der Waals surface area contributed by atoms with E-state index in [2.05, 4.69) is 15.9 Å². The molecule has 3 nitrogen and oxygen atoms in total. The SMILES string of the molecule is COc1ccc(C(CN)Oc2ccc(F)cc2Br)cc1. The van der Waals surface area contributed by atoms with E-state index < -0.39 is 0 Å². The largest absolute Gasteiger partial charge is 0.497 e. The van der Waals surface area contributed by atoms with Crippen molar-refractivity contribution in [2.75, 3.05) is 13.7 Å². The second-order valence-corrected chi connectivity index (χ2v) is 5.04. The van der Waals surface area contributed by atoms with Crippen molar-refractivity contribution >= 4 is 15.9 Å². The summed E-state index contributed by atoms with van der Waals surface area (Å²) in [5.74, 6) is 1.00. The van der Waals surface area contributed by atoms with Crippen molar-refractivity contribution in [2.45, 2.75) is 6.10 Å². The van der Waals surface area contributed by atoms with E-state index in [1.165, 1.54) is 12.1 Å². The molecule has 1 unspecified atom stereocenters. The van der Waals surface area contributed by atoms with Crippen LogP contribution in [0.15, 0.2) is 46.9 Å². The molecule has 0 saturated heterocycles. The summed E-state index contributed by atoms with van der Waals surface area (Å²) in [6.45, 7) is 0.316. The predicted octanol–water partition coefficient (Wildman–Crippen LogP) is 3.68. The minimum Gasteiger partial charge on any atom is -0.497 e. The van der Waals surface area contributed by atoms with Gasteiger partial charge in [0, 0.05) is 6.54 Å². The van der Waals surface area contributed by atoms with Gasteiger partial charge in [-0.25, -0.2) is 4.39 Å². The standard InChI is InChI=1S/C15H15BrFNO2/c1-19-12-5-2-10(3-6-12)15(9-18)20-14-7-4-11(17)8-13(14)16/h2-8,15H,9,18H2,1H3. The van der Waals surface area contributed by atoms with E-state index in [1.54, 1.807) is 13.2 Å². The predicted molar refractivity (Wildman–Crippen MR) is 79.5 cm³/mol. The second-order valence-electron chi connectivity index (χ2n) is 4.19. The normalized spacial score (nSPS) is 12.0. The molecule has 0 aromatic heterocycles. The van der Waals surface area contributed by atoms with E-state index in [0.29, 0.717) is 16.8 Å². The molecule has 2 N–H and O–H groups in total. The number of methoxy groups -OCH3 is 1. The van der Waals surface area contributed by atoms with Crippen LogP contribution in [0.3, 0.4) is 0 Å². The van der Waals surface area contributed by atoms with Gasteiger partial charge in [-0.15, -0.1) is 0 Å². The molecule has 0 aliphatic heterocycles. The van der Waals surface area contributed by atoms with E-state index in [-0.39, 0.29) is 11.9 Å². The Morgan fingerprint density at radius 3 is 2.45 bits per heavy atom. The number of ether oxygens (including phenoxy) is 2. The van der Waals surface area contributed by atoms with Crippen molar-refractivity contribution in [1.82, 2.24) is 0 Å². The van der Waals surface area contributed by atoms with Gasteiger partial charge in [0.05, 0.1) is 11.6 Å². The highest BCUT2D eigenvalue weighted by Crippen LogP contribution is 2.30. The van der Waals surface area contributed by atoms with E-state index in [4.69, 9.17) is 15.2 Å². The number of benzene rings is 2. The summed E-state index contributed by atoms with van der Waals surface area (Å²) in [5.41, 5.74) is 6.69. The molecule has 0 bridgehead atoms. The van der Waals surface area contributed by atoms with Crippen LogP contribution in [0.4, 0.5) is 4.39 Å². The van der Waals surface area contributed by atoms with Crippen LogP contribution >= 0.6 is 15.9 Å². The lowest BCUT2D eigenvalue weighted by Gasteiger charge is -2.19. The van der Waals surface area contributed by atoms with E-state index in [1.807, 2.05) is 24.3 Å². The summed E-state index contributed by atoms with van der Waals surface area (Å²) in [4.78, 5) is 0. The molecule has 106 valence electrons. The van der Waals surface area contributed by atoms with Gasteiger partial charge in [0.1, 0.15) is 23.4 Å². The van der Waals surface area contributed by atoms with Crippen molar-refractivity contribution in [3.8, 4) is 11.5 Å². The first-order valence-electron chi connectivity index (χ1n) is 6.09. The molecule has 1 atom stereocenters. The topological polar surface area (TPSA) is 44.5 Å². The van der Waals surface area contributed by atoms with Gasteiger partial charge in [0.2, 0.25) is 0 Å². The lowest BCUT2D eigenvalue weighted by Crippen LogP contribution is -2.18. The van der Waals surface area contributed by atoms with E-state index in [0.717, 1.165) is 11.3 Å². The third-order valence-corrected chi connectivity index (χ3v) is 3.48. The third-order valence-electron chi connectivity index (χ3n) is 2.86. The summed E-state index contributed by atoms with van der Waals surface area (Å²) in [7, 11) is 1.61. The highest BCUT2D eigenvalue weighted by molar-refractivity contribution is 9.10. The molecule has 0 heterocycles. The lowest BCUT2D eigenvalue weighted by molar-refractivity contribution is 0.212. The quantitative estimate of drug-likeness (QED) is 0.903. The van der Waals surface area contributed by atoms with Crippen molar-refractivity contribution < 1.29 is 13.9 Å². The molecule has 2 aromatic rings. The highest BCUT2D eigenvalue weighted by atomic mass is 79.9. The summed E-state index contributed by atoms with van der Waals surface area (Å²) in [6, 6.07) is 11.8. The summed E-state index contributed by atoms with van der Waals surface area (Å²) < 4.78 is 24.6. The number of nitrogens with two attached hydrogens (primary N) is 1. The average Bonchev–Trinajstić information content (AvgIpc) is 2.47. The molecule has 0 aliphatic carbocycles. The Hall–Kier alpha value is -1.59. The minimum atomic E-state index is -0.321. The molecular formula is C15H15BrFNO2. The van der Waals surface area contributed by atoms with Crippen LogP contribution in [0.25, 0.3) is 0 Å². The Labute approximate surface area is 125 Å². The summed E-state index contributed by atoms with van der Waals surface area (Å²) in [6.07, 6.45) is -0.303. The van der Waals surface area contributed by atoms with Crippen LogP contribution in [0.2, 0.25) is 0 Å². The molecular weight excluding hydrogens is 325 g/mol. The van der Waals surface area contributed by atoms with Gasteiger partial charge in [-0.1, -0.05) is 12.1 Å². The fourth-order valence-electron chi connectivity index (χ4n) is 1.79. The average molecular weight is 340 g/mol. The monoisotopic (exact) mass is 339 g/mol. The number of halogens is 2. The zero-order valence-corrected chi connectivity index (χ0v) is 12.6. The van der Waals surface area contributed by atoms with Crippen LogP contribution in [0, 0.1) is 5.82 Å². The van der Waals surface area contributed by atoms with Gasteiger partial charge in [0.15, 0.2) is 0 Å². The van der Waals surface area contributed by atoms with Crippen LogP contribution in [-0.4, -0.2) is 13.7 Å². The van der Waals surface area contributed by atoms with Gasteiger partial charge in [-0.05, 0) is 51.8 Å². The van der Waals surface area contributed by atoms with Crippen molar-refractivity contribution in [2.24, 2.45) is 5.73 Å². The van der Waals surface area contributed by atoms with E-state index in [9.17, 15) is 4.39 Å². The summed E-state index contributed by atoms with van der Waals surface area (Å²) >= 11 is 3.27. The van der Waals surface area contributed by atoms with Crippen molar-refractivity contribution in [1.29, 1.82) is 0 Å². The minimum absolute atomic E-state index is 0.303.